The number of hydrogen-bond acceptors (Lipinski definition) is 1. The molecule has 0 radical (unpaired) electrons. The molecule has 1 amide bonds. The molecule has 3 heteroatoms. The molecule has 0 saturated heterocycles. The molecule has 0 unspecified atom stereocenters. The van der Waals surface area contributed by atoms with E-state index < -0.39 is 0 Å². The molecule has 0 aliphatic carbocycles. The van der Waals surface area contributed by atoms with E-state index in [4.69, 9.17) is 5.73 Å². The first-order valence-corrected chi connectivity index (χ1v) is 4.06. The average Bonchev–Trinajstić information content (AvgIpc) is 2.42. The third-order valence-electron chi connectivity index (χ3n) is 2.04. The first-order valence-electron chi connectivity index (χ1n) is 4.06. The summed E-state index contributed by atoms with van der Waals surface area (Å²) in [6, 6.07) is 7.37. The van der Waals surface area contributed by atoms with Gasteiger partial charge in [0.15, 0.2) is 0 Å². The highest BCUT2D eigenvalue weighted by atomic mass is 16.1. The van der Waals surface area contributed by atoms with E-state index in [2.05, 4.69) is 4.98 Å². The second-order valence-corrected chi connectivity index (χ2v) is 3.12. The summed E-state index contributed by atoms with van der Waals surface area (Å²) in [5.41, 5.74) is 7.82. The number of nitrogens with two attached hydrogens (primary N) is 1. The van der Waals surface area contributed by atoms with Gasteiger partial charge in [0.05, 0.1) is 0 Å². The van der Waals surface area contributed by atoms with Crippen LogP contribution in [0.2, 0.25) is 0 Å². The summed E-state index contributed by atoms with van der Waals surface area (Å²) in [6.45, 7) is 1.98. The highest BCUT2D eigenvalue weighted by Crippen LogP contribution is 2.16. The van der Waals surface area contributed by atoms with Crippen molar-refractivity contribution in [2.45, 2.75) is 6.92 Å². The Kier molecular flexibility index (Phi) is 1.59. The molecule has 1 aromatic heterocycles. The summed E-state index contributed by atoms with van der Waals surface area (Å²) >= 11 is 0. The zero-order valence-corrected chi connectivity index (χ0v) is 7.29. The molecule has 2 aromatic rings. The molecule has 0 aliphatic heterocycles. The van der Waals surface area contributed by atoms with E-state index in [9.17, 15) is 4.79 Å². The third-order valence-corrected chi connectivity index (χ3v) is 2.04. The first kappa shape index (κ1) is 7.86. The van der Waals surface area contributed by atoms with Crippen molar-refractivity contribution in [3.63, 3.8) is 0 Å². The quantitative estimate of drug-likeness (QED) is 0.677. The molecule has 13 heavy (non-hydrogen) atoms. The minimum absolute atomic E-state index is 0.388. The number of fused-ring (bicyclic) bond motifs is 1. The van der Waals surface area contributed by atoms with Crippen LogP contribution in [0.1, 0.15) is 16.1 Å². The number of hydrogen-bond donors (Lipinski definition) is 2. The second-order valence-electron chi connectivity index (χ2n) is 3.12. The Morgan fingerprint density at radius 1 is 1.38 bits per heavy atom. The molecule has 0 aliphatic rings. The van der Waals surface area contributed by atoms with Crippen LogP contribution in [0.5, 0.6) is 0 Å². The Labute approximate surface area is 75.6 Å². The van der Waals surface area contributed by atoms with E-state index in [1.165, 1.54) is 0 Å². The molecule has 3 N–H and O–H groups in total. The van der Waals surface area contributed by atoms with E-state index in [1.54, 1.807) is 12.1 Å². The van der Waals surface area contributed by atoms with E-state index in [0.717, 1.165) is 16.6 Å². The number of carbonyl (C=O) groups excluding carboxylic acids is 1. The van der Waals surface area contributed by atoms with Crippen LogP contribution in [0.3, 0.4) is 0 Å². The molecule has 1 heterocycles. The standard InChI is InChI=1S/C10H10N2O/c1-6-4-8-5-7(10(11)13)2-3-9(8)12-6/h2-5,12H,1H3,(H2,11,13). The molecule has 0 spiro atoms. The SMILES string of the molecule is Cc1cc2cc(C(N)=O)ccc2[nH]1. The van der Waals surface area contributed by atoms with Crippen LogP contribution in [0.25, 0.3) is 10.9 Å². The monoisotopic (exact) mass is 174 g/mol. The highest BCUT2D eigenvalue weighted by molar-refractivity contribution is 5.97. The Morgan fingerprint density at radius 2 is 2.15 bits per heavy atom. The first-order chi connectivity index (χ1) is 6.16. The van der Waals surface area contributed by atoms with Crippen LogP contribution >= 0.6 is 0 Å². The number of carbonyl (C=O) groups is 1. The number of benzene rings is 1. The van der Waals surface area contributed by atoms with Crippen LogP contribution in [-0.4, -0.2) is 10.9 Å². The fraction of sp³-hybridized carbons (Fsp3) is 0.100. The van der Waals surface area contributed by atoms with Crippen molar-refractivity contribution >= 4 is 16.8 Å². The molecule has 0 atom stereocenters. The fourth-order valence-electron chi connectivity index (χ4n) is 1.43. The normalized spacial score (nSPS) is 10.5. The number of aryl methyl sites for hydroxylation is 1. The van der Waals surface area contributed by atoms with Gasteiger partial charge in [-0.15, -0.1) is 0 Å². The van der Waals surface area contributed by atoms with Gasteiger partial charge in [-0.3, -0.25) is 4.79 Å². The van der Waals surface area contributed by atoms with Crippen molar-refractivity contribution in [1.82, 2.24) is 4.98 Å². The molecule has 66 valence electrons. The Bertz CT molecular complexity index is 471. The number of rotatable bonds is 1. The average molecular weight is 174 g/mol. The van der Waals surface area contributed by atoms with E-state index >= 15 is 0 Å². The van der Waals surface area contributed by atoms with Crippen LogP contribution in [-0.2, 0) is 0 Å². The number of primary amides is 1. The van der Waals surface area contributed by atoms with Gasteiger partial charge in [0, 0.05) is 22.2 Å². The topological polar surface area (TPSA) is 58.9 Å². The third kappa shape index (κ3) is 1.28. The zero-order chi connectivity index (χ0) is 9.42. The second kappa shape index (κ2) is 2.62. The van der Waals surface area contributed by atoms with Crippen molar-refractivity contribution in [2.24, 2.45) is 5.73 Å². The van der Waals surface area contributed by atoms with E-state index in [1.807, 2.05) is 19.1 Å². The lowest BCUT2D eigenvalue weighted by molar-refractivity contribution is 0.100. The number of H-pyrrole nitrogens is 1. The number of aromatic amines is 1. The van der Waals surface area contributed by atoms with Gasteiger partial charge in [-0.25, -0.2) is 0 Å². The lowest BCUT2D eigenvalue weighted by atomic mass is 10.1. The molecular weight excluding hydrogens is 164 g/mol. The molecule has 0 saturated carbocycles. The minimum atomic E-state index is -0.388. The number of nitrogens with one attached hydrogen (secondary N) is 1. The molecular formula is C10H10N2O. The summed E-state index contributed by atoms with van der Waals surface area (Å²) in [7, 11) is 0. The summed E-state index contributed by atoms with van der Waals surface area (Å²) in [5, 5.41) is 1.02. The molecule has 3 nitrogen and oxygen atoms in total. The lowest BCUT2D eigenvalue weighted by Gasteiger charge is -1.94. The molecule has 2 rings (SSSR count). The highest BCUT2D eigenvalue weighted by Gasteiger charge is 2.02. The van der Waals surface area contributed by atoms with E-state index in [-0.39, 0.29) is 5.91 Å². The van der Waals surface area contributed by atoms with Crippen molar-refractivity contribution in [2.75, 3.05) is 0 Å². The molecule has 0 fully saturated rings. The summed E-state index contributed by atoms with van der Waals surface area (Å²) in [6.07, 6.45) is 0. The van der Waals surface area contributed by atoms with Crippen molar-refractivity contribution < 1.29 is 4.79 Å². The molecule has 1 aromatic carbocycles. The largest absolute Gasteiger partial charge is 0.366 e. The van der Waals surface area contributed by atoms with Gasteiger partial charge in [0.1, 0.15) is 0 Å². The number of aromatic nitrogens is 1. The van der Waals surface area contributed by atoms with Crippen molar-refractivity contribution in [1.29, 1.82) is 0 Å². The zero-order valence-electron chi connectivity index (χ0n) is 7.29. The van der Waals surface area contributed by atoms with Gasteiger partial charge in [0.2, 0.25) is 5.91 Å². The van der Waals surface area contributed by atoms with Gasteiger partial charge in [-0.1, -0.05) is 0 Å². The smallest absolute Gasteiger partial charge is 0.248 e. The van der Waals surface area contributed by atoms with E-state index in [0.29, 0.717) is 5.56 Å². The van der Waals surface area contributed by atoms with Crippen LogP contribution in [0.4, 0.5) is 0 Å². The van der Waals surface area contributed by atoms with Crippen LogP contribution in [0, 0.1) is 6.92 Å². The summed E-state index contributed by atoms with van der Waals surface area (Å²) < 4.78 is 0. The lowest BCUT2D eigenvalue weighted by Crippen LogP contribution is -2.10. The Hall–Kier alpha value is -1.77. The molecule has 0 bridgehead atoms. The Morgan fingerprint density at radius 3 is 2.85 bits per heavy atom. The Balaban J connectivity index is 2.67. The minimum Gasteiger partial charge on any atom is -0.366 e. The van der Waals surface area contributed by atoms with Crippen LogP contribution in [0.15, 0.2) is 24.3 Å². The maximum atomic E-state index is 10.9. The predicted octanol–water partition coefficient (Wildman–Crippen LogP) is 1.58. The van der Waals surface area contributed by atoms with Gasteiger partial charge in [0.25, 0.3) is 0 Å². The van der Waals surface area contributed by atoms with Crippen molar-refractivity contribution in [3.05, 3.63) is 35.5 Å². The van der Waals surface area contributed by atoms with Gasteiger partial charge < -0.3 is 10.7 Å². The number of amides is 1. The van der Waals surface area contributed by atoms with Crippen LogP contribution < -0.4 is 5.73 Å². The van der Waals surface area contributed by atoms with Crippen molar-refractivity contribution in [3.8, 4) is 0 Å². The predicted molar refractivity (Wildman–Crippen MR) is 51.6 cm³/mol. The van der Waals surface area contributed by atoms with Gasteiger partial charge in [-0.2, -0.15) is 0 Å². The van der Waals surface area contributed by atoms with Gasteiger partial charge >= 0.3 is 0 Å². The maximum absolute atomic E-state index is 10.9. The van der Waals surface area contributed by atoms with Gasteiger partial charge in [-0.05, 0) is 31.2 Å². The maximum Gasteiger partial charge on any atom is 0.248 e. The fourth-order valence-corrected chi connectivity index (χ4v) is 1.43. The summed E-state index contributed by atoms with van der Waals surface area (Å²) in [5.74, 6) is -0.388. The summed E-state index contributed by atoms with van der Waals surface area (Å²) in [4.78, 5) is 14.0.